The first-order valence-corrected chi connectivity index (χ1v) is 13.5. The molecule has 1 atom stereocenters. The average molecular weight is 509 g/mol. The highest BCUT2D eigenvalue weighted by Crippen LogP contribution is 2.37. The summed E-state index contributed by atoms with van der Waals surface area (Å²) < 4.78 is 17.0. The number of rotatable bonds is 7. The quantitative estimate of drug-likeness (QED) is 0.425. The molecule has 3 N–H and O–H groups in total. The van der Waals surface area contributed by atoms with E-state index in [2.05, 4.69) is 47.3 Å². The van der Waals surface area contributed by atoms with Gasteiger partial charge >= 0.3 is 6.03 Å². The summed E-state index contributed by atoms with van der Waals surface area (Å²) in [7, 11) is 0.526. The lowest BCUT2D eigenvalue weighted by Crippen LogP contribution is -2.19. The van der Waals surface area contributed by atoms with Gasteiger partial charge in [0.15, 0.2) is 0 Å². The molecule has 0 aliphatic carbocycles. The molecule has 1 aromatic heterocycles. The number of hydrogen-bond donors (Lipinski definition) is 2. The minimum atomic E-state index is -3.41. The van der Waals surface area contributed by atoms with Crippen molar-refractivity contribution in [3.05, 3.63) is 71.3 Å². The van der Waals surface area contributed by atoms with Gasteiger partial charge < -0.3 is 10.2 Å². The molecule has 2 amide bonds. The van der Waals surface area contributed by atoms with Crippen molar-refractivity contribution in [3.63, 3.8) is 0 Å². The second-order valence-corrected chi connectivity index (χ2v) is 11.6. The first-order valence-electron chi connectivity index (χ1n) is 11.9. The van der Waals surface area contributed by atoms with Gasteiger partial charge in [-0.15, -0.1) is 4.36 Å². The molecular weight excluding hydrogens is 472 g/mol. The van der Waals surface area contributed by atoms with Crippen molar-refractivity contribution >= 4 is 21.6 Å². The molecule has 1 heterocycles. The molecule has 9 heteroatoms. The van der Waals surface area contributed by atoms with E-state index in [4.69, 9.17) is 5.14 Å². The molecule has 0 aliphatic heterocycles. The highest BCUT2D eigenvalue weighted by molar-refractivity contribution is 7.91. The third kappa shape index (κ3) is 6.75. The lowest BCUT2D eigenvalue weighted by molar-refractivity contribution is 0.260. The number of aryl methyl sites for hydroxylation is 1. The van der Waals surface area contributed by atoms with Gasteiger partial charge in [0.25, 0.3) is 0 Å². The van der Waals surface area contributed by atoms with Crippen LogP contribution in [0.15, 0.2) is 58.1 Å². The fourth-order valence-corrected chi connectivity index (χ4v) is 4.84. The zero-order valence-electron chi connectivity index (χ0n) is 22.1. The van der Waals surface area contributed by atoms with Crippen LogP contribution in [0.2, 0.25) is 0 Å². The Hall–Kier alpha value is -3.14. The molecule has 0 saturated carbocycles. The standard InChI is InChI=1S/C27H36N6O2S/c1-17(2)24-12-21(22-14-29-19(5)30-15-22)13-25(18(3)4)26(24)31-27(34)32-36(28,35)23-10-8-20(9-11-23)16-33(6)7/h8-15,17-18H,16H2,1-7H3,(H3,28,31,32,34,35). The fraction of sp³-hybridized carbons (Fsp3) is 0.370. The van der Waals surface area contributed by atoms with E-state index in [1.165, 1.54) is 0 Å². The number of urea groups is 1. The van der Waals surface area contributed by atoms with Crippen LogP contribution in [0.4, 0.5) is 10.5 Å². The predicted molar refractivity (Wildman–Crippen MR) is 146 cm³/mol. The Balaban J connectivity index is 1.99. The molecule has 2 aromatic carbocycles. The van der Waals surface area contributed by atoms with E-state index in [0.29, 0.717) is 16.4 Å². The molecular formula is C27H36N6O2S. The molecule has 0 bridgehead atoms. The van der Waals surface area contributed by atoms with E-state index in [0.717, 1.165) is 34.4 Å². The Morgan fingerprint density at radius 2 is 1.53 bits per heavy atom. The number of anilines is 1. The highest BCUT2D eigenvalue weighted by atomic mass is 32.2. The second-order valence-electron chi connectivity index (χ2n) is 9.83. The van der Waals surface area contributed by atoms with Crippen LogP contribution in [0.1, 0.15) is 62.0 Å². The van der Waals surface area contributed by atoms with Crippen LogP contribution in [0.5, 0.6) is 0 Å². The number of nitrogens with one attached hydrogen (secondary N) is 1. The molecule has 192 valence electrons. The monoisotopic (exact) mass is 508 g/mol. The third-order valence-corrected chi connectivity index (χ3v) is 7.15. The number of aromatic nitrogens is 2. The van der Waals surface area contributed by atoms with E-state index in [9.17, 15) is 9.00 Å². The largest absolute Gasteiger partial charge is 0.354 e. The second kappa shape index (κ2) is 11.3. The van der Waals surface area contributed by atoms with Gasteiger partial charge in [-0.1, -0.05) is 39.8 Å². The zero-order chi connectivity index (χ0) is 26.6. The Bertz CT molecular complexity index is 1310. The fourth-order valence-electron chi connectivity index (χ4n) is 3.91. The molecule has 0 fully saturated rings. The highest BCUT2D eigenvalue weighted by Gasteiger charge is 2.20. The normalized spacial score (nSPS) is 13.2. The van der Waals surface area contributed by atoms with Gasteiger partial charge in [0.05, 0.1) is 4.90 Å². The number of carbonyl (C=O) groups is 1. The van der Waals surface area contributed by atoms with Gasteiger partial charge in [-0.2, -0.15) is 0 Å². The van der Waals surface area contributed by atoms with Crippen molar-refractivity contribution in [2.24, 2.45) is 9.50 Å². The van der Waals surface area contributed by atoms with E-state index < -0.39 is 15.9 Å². The van der Waals surface area contributed by atoms with Gasteiger partial charge in [0.1, 0.15) is 15.7 Å². The Morgan fingerprint density at radius 1 is 1.00 bits per heavy atom. The van der Waals surface area contributed by atoms with Crippen LogP contribution < -0.4 is 10.5 Å². The van der Waals surface area contributed by atoms with E-state index >= 15 is 0 Å². The lowest BCUT2D eigenvalue weighted by Gasteiger charge is -2.21. The third-order valence-electron chi connectivity index (χ3n) is 5.77. The number of amides is 2. The minimum Gasteiger partial charge on any atom is -0.305 e. The Morgan fingerprint density at radius 3 is 2.00 bits per heavy atom. The number of nitrogens with two attached hydrogens (primary N) is 1. The molecule has 36 heavy (non-hydrogen) atoms. The maximum Gasteiger partial charge on any atom is 0.354 e. The van der Waals surface area contributed by atoms with Gasteiger partial charge in [0.2, 0.25) is 0 Å². The summed E-state index contributed by atoms with van der Waals surface area (Å²) in [4.78, 5) is 24.0. The number of nitrogens with zero attached hydrogens (tertiary/aromatic N) is 4. The summed E-state index contributed by atoms with van der Waals surface area (Å²) in [5, 5.41) is 8.92. The summed E-state index contributed by atoms with van der Waals surface area (Å²) >= 11 is 0. The van der Waals surface area contributed by atoms with Gasteiger partial charge in [-0.05, 0) is 79.4 Å². The maximum absolute atomic E-state index is 13.2. The van der Waals surface area contributed by atoms with Crippen molar-refractivity contribution in [2.45, 2.75) is 57.9 Å². The molecule has 0 radical (unpaired) electrons. The van der Waals surface area contributed by atoms with E-state index in [1.54, 1.807) is 24.5 Å². The first-order chi connectivity index (χ1) is 16.9. The van der Waals surface area contributed by atoms with Crippen LogP contribution in [0.25, 0.3) is 11.1 Å². The Kier molecular flexibility index (Phi) is 8.60. The first kappa shape index (κ1) is 27.4. The average Bonchev–Trinajstić information content (AvgIpc) is 2.79. The van der Waals surface area contributed by atoms with Crippen molar-refractivity contribution in [2.75, 3.05) is 19.4 Å². The SMILES string of the molecule is Cc1ncc(-c2cc(C(C)C)c(NC(=O)N=S(N)(=O)c3ccc(CN(C)C)cc3)c(C(C)C)c2)cn1. The summed E-state index contributed by atoms with van der Waals surface area (Å²) in [6.07, 6.45) is 3.60. The molecule has 0 aliphatic rings. The molecule has 1 unspecified atom stereocenters. The number of benzene rings is 2. The molecule has 0 spiro atoms. The van der Waals surface area contributed by atoms with E-state index in [-0.39, 0.29) is 11.8 Å². The van der Waals surface area contributed by atoms with Crippen LogP contribution in [0.3, 0.4) is 0 Å². The van der Waals surface area contributed by atoms with E-state index in [1.807, 2.05) is 50.2 Å². The molecule has 3 aromatic rings. The Labute approximate surface area is 214 Å². The summed E-state index contributed by atoms with van der Waals surface area (Å²) in [5.41, 5.74) is 5.47. The van der Waals surface area contributed by atoms with Crippen molar-refractivity contribution in [3.8, 4) is 11.1 Å². The topological polar surface area (TPSA) is 114 Å². The number of carbonyl (C=O) groups excluding carboxylic acids is 1. The van der Waals surface area contributed by atoms with Gasteiger partial charge in [-0.25, -0.2) is 24.1 Å². The number of hydrogen-bond acceptors (Lipinski definition) is 5. The lowest BCUT2D eigenvalue weighted by atomic mass is 9.89. The van der Waals surface area contributed by atoms with Crippen LogP contribution >= 0.6 is 0 Å². The molecule has 3 rings (SSSR count). The maximum atomic E-state index is 13.2. The molecule has 8 nitrogen and oxygen atoms in total. The summed E-state index contributed by atoms with van der Waals surface area (Å²) in [6.45, 7) is 10.8. The van der Waals surface area contributed by atoms with Gasteiger partial charge in [-0.3, -0.25) is 0 Å². The van der Waals surface area contributed by atoms with Crippen LogP contribution in [-0.2, 0) is 16.5 Å². The molecule has 0 saturated heterocycles. The van der Waals surface area contributed by atoms with Crippen molar-refractivity contribution in [1.82, 2.24) is 14.9 Å². The van der Waals surface area contributed by atoms with Crippen LogP contribution in [-0.4, -0.2) is 39.2 Å². The van der Waals surface area contributed by atoms with Crippen LogP contribution in [0, 0.1) is 6.92 Å². The van der Waals surface area contributed by atoms with Crippen molar-refractivity contribution < 1.29 is 9.00 Å². The zero-order valence-corrected chi connectivity index (χ0v) is 22.9. The van der Waals surface area contributed by atoms with Gasteiger partial charge in [0, 0.05) is 30.2 Å². The van der Waals surface area contributed by atoms with Crippen molar-refractivity contribution in [1.29, 1.82) is 0 Å². The minimum absolute atomic E-state index is 0.107. The summed E-state index contributed by atoms with van der Waals surface area (Å²) in [6, 6.07) is 10.3. The summed E-state index contributed by atoms with van der Waals surface area (Å²) in [5.74, 6) is 0.918. The smallest absolute Gasteiger partial charge is 0.305 e. The predicted octanol–water partition coefficient (Wildman–Crippen LogP) is 5.69.